The number of aromatic amines is 1. The maximum Gasteiger partial charge on any atom is 0.156 e. The van der Waals surface area contributed by atoms with E-state index in [-0.39, 0.29) is 0 Å². The van der Waals surface area contributed by atoms with E-state index in [1.807, 2.05) is 54.7 Å². The van der Waals surface area contributed by atoms with E-state index in [0.717, 1.165) is 40.1 Å². The van der Waals surface area contributed by atoms with Crippen LogP contribution in [0.15, 0.2) is 67.5 Å². The number of nitrogens with one attached hydrogen (secondary N) is 1. The van der Waals surface area contributed by atoms with Gasteiger partial charge in [0.15, 0.2) is 5.65 Å². The molecule has 4 aromatic heterocycles. The first-order valence-electron chi connectivity index (χ1n) is 8.66. The Balaban J connectivity index is 1.51. The van der Waals surface area contributed by atoms with E-state index >= 15 is 0 Å². The molecule has 0 saturated heterocycles. The average molecular weight is 355 g/mol. The van der Waals surface area contributed by atoms with E-state index in [1.54, 1.807) is 17.1 Å². The van der Waals surface area contributed by atoms with Crippen LogP contribution < -0.4 is 0 Å². The minimum absolute atomic E-state index is 0.732. The smallest absolute Gasteiger partial charge is 0.156 e. The number of H-pyrrole nitrogens is 1. The van der Waals surface area contributed by atoms with Gasteiger partial charge in [-0.3, -0.25) is 9.36 Å². The summed E-state index contributed by atoms with van der Waals surface area (Å²) in [6, 6.07) is 10.3. The van der Waals surface area contributed by atoms with Crippen LogP contribution >= 0.6 is 0 Å². The minimum Gasteiger partial charge on any atom is -0.344 e. The first kappa shape index (κ1) is 15.5. The molecule has 0 aliphatic carbocycles. The Hall–Kier alpha value is -3.74. The van der Waals surface area contributed by atoms with Crippen molar-refractivity contribution in [1.29, 1.82) is 0 Å². The predicted molar refractivity (Wildman–Crippen MR) is 103 cm³/mol. The van der Waals surface area contributed by atoms with Crippen molar-refractivity contribution >= 4 is 11.2 Å². The van der Waals surface area contributed by atoms with Crippen molar-refractivity contribution in [1.82, 2.24) is 34.5 Å². The van der Waals surface area contributed by atoms with Crippen LogP contribution in [0.4, 0.5) is 0 Å². The Kier molecular flexibility index (Phi) is 3.57. The zero-order valence-corrected chi connectivity index (χ0v) is 14.7. The molecule has 0 spiro atoms. The molecule has 0 aliphatic rings. The van der Waals surface area contributed by atoms with Gasteiger partial charge in [-0.2, -0.15) is 10.2 Å². The molecule has 1 aromatic carbocycles. The van der Waals surface area contributed by atoms with E-state index in [9.17, 15) is 0 Å². The summed E-state index contributed by atoms with van der Waals surface area (Å²) in [7, 11) is 1.89. The molecule has 27 heavy (non-hydrogen) atoms. The molecule has 0 bridgehead atoms. The number of hydrogen-bond donors (Lipinski definition) is 1. The maximum atomic E-state index is 4.80. The van der Waals surface area contributed by atoms with Gasteiger partial charge in [0.05, 0.1) is 30.8 Å². The van der Waals surface area contributed by atoms with Crippen molar-refractivity contribution in [3.05, 3.63) is 73.1 Å². The highest BCUT2D eigenvalue weighted by atomic mass is 15.3. The summed E-state index contributed by atoms with van der Waals surface area (Å²) in [6.45, 7) is 0.732. The monoisotopic (exact) mass is 355 g/mol. The van der Waals surface area contributed by atoms with Crippen LogP contribution in [0.3, 0.4) is 0 Å². The summed E-state index contributed by atoms with van der Waals surface area (Å²) in [5.74, 6) is 0. The Bertz CT molecular complexity index is 1210. The Morgan fingerprint density at radius 2 is 1.81 bits per heavy atom. The fraction of sp³-hybridized carbons (Fsp3) is 0.100. The quantitative estimate of drug-likeness (QED) is 0.537. The molecule has 7 nitrogen and oxygen atoms in total. The highest BCUT2D eigenvalue weighted by Gasteiger charge is 2.13. The lowest BCUT2D eigenvalue weighted by atomic mass is 10.1. The number of rotatable bonds is 4. The number of benzene rings is 1. The second kappa shape index (κ2) is 6.21. The van der Waals surface area contributed by atoms with Crippen molar-refractivity contribution in [3.63, 3.8) is 0 Å². The van der Waals surface area contributed by atoms with Crippen molar-refractivity contribution < 1.29 is 0 Å². The molecule has 1 N–H and O–H groups in total. The van der Waals surface area contributed by atoms with Gasteiger partial charge in [0.2, 0.25) is 0 Å². The predicted octanol–water partition coefficient (Wildman–Crippen LogP) is 3.27. The molecule has 5 aromatic rings. The second-order valence-corrected chi connectivity index (χ2v) is 6.47. The Morgan fingerprint density at radius 3 is 2.63 bits per heavy atom. The second-order valence-electron chi connectivity index (χ2n) is 6.47. The van der Waals surface area contributed by atoms with E-state index in [4.69, 9.17) is 4.98 Å². The lowest BCUT2D eigenvalue weighted by Gasteiger charge is -2.01. The SMILES string of the molecule is Cn1cc(-c2cnc3[nH]cc(-c4cnn(Cc5ccccc5)c4)c3n2)cn1. The van der Waals surface area contributed by atoms with E-state index in [0.29, 0.717) is 0 Å². The fourth-order valence-electron chi connectivity index (χ4n) is 3.16. The number of aryl methyl sites for hydroxylation is 1. The van der Waals surface area contributed by atoms with Crippen molar-refractivity contribution in [3.8, 4) is 22.4 Å². The van der Waals surface area contributed by atoms with E-state index in [2.05, 4.69) is 32.3 Å². The normalized spacial score (nSPS) is 11.3. The molecule has 0 fully saturated rings. The van der Waals surface area contributed by atoms with Crippen LogP contribution in [0.25, 0.3) is 33.5 Å². The number of fused-ring (bicyclic) bond motifs is 1. The van der Waals surface area contributed by atoms with Crippen LogP contribution in [-0.4, -0.2) is 34.5 Å². The van der Waals surface area contributed by atoms with Crippen molar-refractivity contribution in [2.45, 2.75) is 6.54 Å². The Labute approximate surface area is 155 Å². The summed E-state index contributed by atoms with van der Waals surface area (Å²) >= 11 is 0. The summed E-state index contributed by atoms with van der Waals surface area (Å²) in [5, 5.41) is 8.71. The molecular weight excluding hydrogens is 338 g/mol. The summed E-state index contributed by atoms with van der Waals surface area (Å²) in [5.41, 5.74) is 6.54. The van der Waals surface area contributed by atoms with Gasteiger partial charge in [0.25, 0.3) is 0 Å². The number of hydrogen-bond acceptors (Lipinski definition) is 4. The first-order valence-corrected chi connectivity index (χ1v) is 8.66. The molecule has 0 atom stereocenters. The van der Waals surface area contributed by atoms with E-state index < -0.39 is 0 Å². The van der Waals surface area contributed by atoms with Gasteiger partial charge in [-0.25, -0.2) is 9.97 Å². The maximum absolute atomic E-state index is 4.80. The summed E-state index contributed by atoms with van der Waals surface area (Å²) in [6.07, 6.45) is 11.3. The van der Waals surface area contributed by atoms with Gasteiger partial charge in [-0.05, 0) is 5.56 Å². The molecule has 5 rings (SSSR count). The largest absolute Gasteiger partial charge is 0.344 e. The highest BCUT2D eigenvalue weighted by Crippen LogP contribution is 2.28. The fourth-order valence-corrected chi connectivity index (χ4v) is 3.16. The Morgan fingerprint density at radius 1 is 0.963 bits per heavy atom. The minimum atomic E-state index is 0.732. The van der Waals surface area contributed by atoms with Crippen LogP contribution in [0.2, 0.25) is 0 Å². The lowest BCUT2D eigenvalue weighted by Crippen LogP contribution is -1.99. The third-order valence-electron chi connectivity index (χ3n) is 4.51. The average Bonchev–Trinajstić information content (AvgIpc) is 3.41. The standard InChI is InChI=1S/C20H17N7/c1-26-12-16(8-23-26)18-10-22-20-19(25-18)17(9-21-20)15-7-24-27(13-15)11-14-5-3-2-4-6-14/h2-10,12-13H,11H2,1H3,(H,21,22). The molecular formula is C20H17N7. The molecule has 7 heteroatoms. The third kappa shape index (κ3) is 2.89. The third-order valence-corrected chi connectivity index (χ3v) is 4.51. The van der Waals surface area contributed by atoms with Crippen LogP contribution in [0, 0.1) is 0 Å². The molecule has 0 saturated carbocycles. The zero-order valence-electron chi connectivity index (χ0n) is 14.7. The van der Waals surface area contributed by atoms with Crippen LogP contribution in [0.1, 0.15) is 5.56 Å². The van der Waals surface area contributed by atoms with Gasteiger partial charge < -0.3 is 4.98 Å². The molecule has 132 valence electrons. The van der Waals surface area contributed by atoms with E-state index in [1.165, 1.54) is 5.56 Å². The van der Waals surface area contributed by atoms with Gasteiger partial charge >= 0.3 is 0 Å². The number of aromatic nitrogens is 7. The summed E-state index contributed by atoms with van der Waals surface area (Å²) < 4.78 is 3.69. The first-order chi connectivity index (χ1) is 13.3. The molecule has 0 amide bonds. The highest BCUT2D eigenvalue weighted by molar-refractivity contribution is 5.91. The summed E-state index contributed by atoms with van der Waals surface area (Å²) in [4.78, 5) is 12.5. The molecule has 0 unspecified atom stereocenters. The van der Waals surface area contributed by atoms with Crippen molar-refractivity contribution in [2.24, 2.45) is 7.05 Å². The lowest BCUT2D eigenvalue weighted by molar-refractivity contribution is 0.687. The van der Waals surface area contributed by atoms with Crippen molar-refractivity contribution in [2.75, 3.05) is 0 Å². The molecule has 0 aliphatic heterocycles. The van der Waals surface area contributed by atoms with Gasteiger partial charge in [-0.1, -0.05) is 30.3 Å². The van der Waals surface area contributed by atoms with Crippen LogP contribution in [-0.2, 0) is 13.6 Å². The van der Waals surface area contributed by atoms with Gasteiger partial charge in [-0.15, -0.1) is 0 Å². The van der Waals surface area contributed by atoms with Crippen LogP contribution in [0.5, 0.6) is 0 Å². The number of nitrogens with zero attached hydrogens (tertiary/aromatic N) is 6. The van der Waals surface area contributed by atoms with Gasteiger partial charge in [0.1, 0.15) is 5.52 Å². The molecule has 0 radical (unpaired) electrons. The zero-order chi connectivity index (χ0) is 18.2. The van der Waals surface area contributed by atoms with Gasteiger partial charge in [0, 0.05) is 42.3 Å². The molecule has 4 heterocycles. The topological polar surface area (TPSA) is 77.2 Å².